The van der Waals surface area contributed by atoms with Gasteiger partial charge in [0.2, 0.25) is 0 Å². The predicted molar refractivity (Wildman–Crippen MR) is 66.7 cm³/mol. The summed E-state index contributed by atoms with van der Waals surface area (Å²) < 4.78 is 5.13. The second-order valence-electron chi connectivity index (χ2n) is 3.45. The van der Waals surface area contributed by atoms with Gasteiger partial charge in [-0.3, -0.25) is 4.79 Å². The molecule has 4 nitrogen and oxygen atoms in total. The molecular formula is C12H16ClNO3. The van der Waals surface area contributed by atoms with Gasteiger partial charge in [0, 0.05) is 18.1 Å². The smallest absolute Gasteiger partial charge is 0.257 e. The second kappa shape index (κ2) is 6.47. The summed E-state index contributed by atoms with van der Waals surface area (Å²) in [6, 6.07) is 4.87. The van der Waals surface area contributed by atoms with Crippen molar-refractivity contribution in [3.63, 3.8) is 0 Å². The van der Waals surface area contributed by atoms with Crippen LogP contribution in [0.5, 0.6) is 5.75 Å². The summed E-state index contributed by atoms with van der Waals surface area (Å²) in [4.78, 5) is 13.7. The standard InChI is InChI=1S/C12H16ClNO3/c1-3-14(6-7-15)12(16)10-5-4-9(13)8-11(10)17-2/h4-5,8,15H,3,6-7H2,1-2H3. The molecular weight excluding hydrogens is 242 g/mol. The van der Waals surface area contributed by atoms with E-state index in [9.17, 15) is 4.79 Å². The highest BCUT2D eigenvalue weighted by Gasteiger charge is 2.18. The van der Waals surface area contributed by atoms with Crippen LogP contribution in [0.1, 0.15) is 17.3 Å². The van der Waals surface area contributed by atoms with Crippen molar-refractivity contribution in [1.82, 2.24) is 4.90 Å². The van der Waals surface area contributed by atoms with E-state index < -0.39 is 0 Å². The van der Waals surface area contributed by atoms with Crippen LogP contribution in [0.15, 0.2) is 18.2 Å². The maximum Gasteiger partial charge on any atom is 0.257 e. The number of ether oxygens (including phenoxy) is 1. The van der Waals surface area contributed by atoms with Gasteiger partial charge >= 0.3 is 0 Å². The fraction of sp³-hybridized carbons (Fsp3) is 0.417. The number of halogens is 1. The van der Waals surface area contributed by atoms with Gasteiger partial charge in [-0.1, -0.05) is 11.6 Å². The van der Waals surface area contributed by atoms with Crippen LogP contribution in [0.3, 0.4) is 0 Å². The van der Waals surface area contributed by atoms with Gasteiger partial charge in [-0.2, -0.15) is 0 Å². The molecule has 0 spiro atoms. The van der Waals surface area contributed by atoms with Gasteiger partial charge in [-0.15, -0.1) is 0 Å². The lowest BCUT2D eigenvalue weighted by Gasteiger charge is -2.20. The minimum atomic E-state index is -0.171. The lowest BCUT2D eigenvalue weighted by Crippen LogP contribution is -2.33. The summed E-state index contributed by atoms with van der Waals surface area (Å²) in [7, 11) is 1.49. The molecule has 0 fully saturated rings. The van der Waals surface area contributed by atoms with E-state index in [1.807, 2.05) is 6.92 Å². The number of methoxy groups -OCH3 is 1. The topological polar surface area (TPSA) is 49.8 Å². The molecule has 0 bridgehead atoms. The van der Waals surface area contributed by atoms with Gasteiger partial charge in [0.25, 0.3) is 5.91 Å². The zero-order valence-corrected chi connectivity index (χ0v) is 10.7. The Labute approximate surface area is 106 Å². The number of aliphatic hydroxyl groups excluding tert-OH is 1. The summed E-state index contributed by atoms with van der Waals surface area (Å²) in [5, 5.41) is 9.41. The lowest BCUT2D eigenvalue weighted by molar-refractivity contribution is 0.0728. The molecule has 0 radical (unpaired) electrons. The Morgan fingerprint density at radius 1 is 1.53 bits per heavy atom. The van der Waals surface area contributed by atoms with Gasteiger partial charge in [0.05, 0.1) is 19.3 Å². The number of hydrogen-bond acceptors (Lipinski definition) is 3. The zero-order chi connectivity index (χ0) is 12.8. The van der Waals surface area contributed by atoms with Gasteiger partial charge in [0.15, 0.2) is 0 Å². The van der Waals surface area contributed by atoms with Crippen molar-refractivity contribution in [2.75, 3.05) is 26.8 Å². The van der Waals surface area contributed by atoms with E-state index in [0.29, 0.717) is 29.4 Å². The normalized spacial score (nSPS) is 10.1. The Bertz CT molecular complexity index is 395. The fourth-order valence-electron chi connectivity index (χ4n) is 1.54. The Morgan fingerprint density at radius 3 is 2.76 bits per heavy atom. The first-order chi connectivity index (χ1) is 8.13. The number of nitrogens with zero attached hydrogens (tertiary/aromatic N) is 1. The third-order valence-electron chi connectivity index (χ3n) is 2.43. The molecule has 0 aliphatic rings. The highest BCUT2D eigenvalue weighted by atomic mass is 35.5. The molecule has 1 aromatic rings. The molecule has 94 valence electrons. The van der Waals surface area contributed by atoms with Crippen molar-refractivity contribution in [1.29, 1.82) is 0 Å². The predicted octanol–water partition coefficient (Wildman–Crippen LogP) is 1.80. The number of benzene rings is 1. The van der Waals surface area contributed by atoms with Crippen molar-refractivity contribution in [2.45, 2.75) is 6.92 Å². The molecule has 0 saturated heterocycles. The van der Waals surface area contributed by atoms with E-state index in [0.717, 1.165) is 0 Å². The van der Waals surface area contributed by atoms with Gasteiger partial charge in [-0.05, 0) is 25.1 Å². The Hall–Kier alpha value is -1.26. The van der Waals surface area contributed by atoms with E-state index in [1.54, 1.807) is 23.1 Å². The number of carbonyl (C=O) groups excluding carboxylic acids is 1. The van der Waals surface area contributed by atoms with Crippen LogP contribution >= 0.6 is 11.6 Å². The van der Waals surface area contributed by atoms with Crippen LogP contribution in [0.2, 0.25) is 5.02 Å². The third-order valence-corrected chi connectivity index (χ3v) is 2.67. The van der Waals surface area contributed by atoms with Crippen molar-refractivity contribution in [3.05, 3.63) is 28.8 Å². The van der Waals surface area contributed by atoms with E-state index >= 15 is 0 Å². The summed E-state index contributed by atoms with van der Waals surface area (Å²) in [5.41, 5.74) is 0.451. The Balaban J connectivity index is 3.02. The Morgan fingerprint density at radius 2 is 2.24 bits per heavy atom. The first kappa shape index (κ1) is 13.8. The first-order valence-corrected chi connectivity index (χ1v) is 5.75. The summed E-state index contributed by atoms with van der Waals surface area (Å²) in [6.45, 7) is 2.64. The number of likely N-dealkylation sites (N-methyl/N-ethyl adjacent to an activating group) is 1. The molecule has 0 aliphatic carbocycles. The largest absolute Gasteiger partial charge is 0.496 e. The number of hydrogen-bond donors (Lipinski definition) is 1. The molecule has 0 unspecified atom stereocenters. The minimum Gasteiger partial charge on any atom is -0.496 e. The van der Waals surface area contributed by atoms with Crippen LogP contribution in [0, 0.1) is 0 Å². The molecule has 5 heteroatoms. The summed E-state index contributed by atoms with van der Waals surface area (Å²) in [5.74, 6) is 0.272. The lowest BCUT2D eigenvalue weighted by atomic mass is 10.1. The van der Waals surface area contributed by atoms with Gasteiger partial charge in [-0.25, -0.2) is 0 Å². The molecule has 0 atom stereocenters. The maximum atomic E-state index is 12.1. The second-order valence-corrected chi connectivity index (χ2v) is 3.89. The first-order valence-electron chi connectivity index (χ1n) is 5.37. The molecule has 1 N–H and O–H groups in total. The summed E-state index contributed by atoms with van der Waals surface area (Å²) >= 11 is 5.83. The number of rotatable bonds is 5. The highest BCUT2D eigenvalue weighted by Crippen LogP contribution is 2.24. The molecule has 0 heterocycles. The van der Waals surface area contributed by atoms with E-state index in [2.05, 4.69) is 0 Å². The molecule has 1 amide bonds. The van der Waals surface area contributed by atoms with Crippen LogP contribution in [0.4, 0.5) is 0 Å². The molecule has 0 aliphatic heterocycles. The van der Waals surface area contributed by atoms with Gasteiger partial charge < -0.3 is 14.7 Å². The quantitative estimate of drug-likeness (QED) is 0.875. The van der Waals surface area contributed by atoms with Crippen molar-refractivity contribution in [2.24, 2.45) is 0 Å². The SMILES string of the molecule is CCN(CCO)C(=O)c1ccc(Cl)cc1OC. The number of amides is 1. The summed E-state index contributed by atoms with van der Waals surface area (Å²) in [6.07, 6.45) is 0. The van der Waals surface area contributed by atoms with E-state index in [1.165, 1.54) is 7.11 Å². The number of aliphatic hydroxyl groups is 1. The van der Waals surface area contributed by atoms with Crippen molar-refractivity contribution < 1.29 is 14.6 Å². The molecule has 0 saturated carbocycles. The maximum absolute atomic E-state index is 12.1. The van der Waals surface area contributed by atoms with Crippen molar-refractivity contribution in [3.8, 4) is 5.75 Å². The van der Waals surface area contributed by atoms with Crippen LogP contribution < -0.4 is 4.74 Å². The van der Waals surface area contributed by atoms with Crippen molar-refractivity contribution >= 4 is 17.5 Å². The zero-order valence-electron chi connectivity index (χ0n) is 9.94. The van der Waals surface area contributed by atoms with Crippen LogP contribution in [-0.4, -0.2) is 42.7 Å². The van der Waals surface area contributed by atoms with Crippen LogP contribution in [-0.2, 0) is 0 Å². The highest BCUT2D eigenvalue weighted by molar-refractivity contribution is 6.30. The Kier molecular flexibility index (Phi) is 5.25. The average molecular weight is 258 g/mol. The minimum absolute atomic E-state index is 0.0600. The molecule has 17 heavy (non-hydrogen) atoms. The third kappa shape index (κ3) is 3.35. The average Bonchev–Trinajstić information content (AvgIpc) is 2.34. The van der Waals surface area contributed by atoms with E-state index in [4.69, 9.17) is 21.4 Å². The molecule has 0 aromatic heterocycles. The van der Waals surface area contributed by atoms with Gasteiger partial charge in [0.1, 0.15) is 5.75 Å². The monoisotopic (exact) mass is 257 g/mol. The molecule has 1 aromatic carbocycles. The van der Waals surface area contributed by atoms with E-state index in [-0.39, 0.29) is 12.5 Å². The molecule has 1 rings (SSSR count). The fourth-order valence-corrected chi connectivity index (χ4v) is 1.70. The van der Waals surface area contributed by atoms with Crippen LogP contribution in [0.25, 0.3) is 0 Å². The number of carbonyl (C=O) groups is 1.